The number of hydrogen-bond donors (Lipinski definition) is 0. The Balaban J connectivity index is 2.08. The molecule has 104 valence electrons. The molecule has 0 fully saturated rings. The molecule has 0 bridgehead atoms. The highest BCUT2D eigenvalue weighted by molar-refractivity contribution is 14.1. The van der Waals surface area contributed by atoms with Crippen molar-refractivity contribution in [1.29, 1.82) is 0 Å². The van der Waals surface area contributed by atoms with E-state index in [4.69, 9.17) is 4.74 Å². The van der Waals surface area contributed by atoms with Crippen molar-refractivity contribution in [2.45, 2.75) is 39.3 Å². The minimum atomic E-state index is -1.02. The lowest BCUT2D eigenvalue weighted by Crippen LogP contribution is -2.22. The van der Waals surface area contributed by atoms with Gasteiger partial charge in [0.05, 0.1) is 5.39 Å². The zero-order chi connectivity index (χ0) is 14.0. The van der Waals surface area contributed by atoms with E-state index in [1.807, 2.05) is 16.9 Å². The maximum atomic E-state index is 5.75. The van der Waals surface area contributed by atoms with Gasteiger partial charge in [0.25, 0.3) is 0 Å². The number of nitrogens with zero attached hydrogens (tertiary/aromatic N) is 3. The molecule has 2 aromatic heterocycles. The first-order valence-corrected chi connectivity index (χ1v) is 11.2. The lowest BCUT2D eigenvalue weighted by atomic mass is 10.2. The molecule has 0 unspecified atom stereocenters. The predicted molar refractivity (Wildman–Crippen MR) is 89.1 cm³/mol. The number of aryl methyl sites for hydroxylation is 1. The molecule has 2 rings (SSSR count). The third-order valence-electron chi connectivity index (χ3n) is 3.01. The van der Waals surface area contributed by atoms with Crippen molar-refractivity contribution >= 4 is 41.7 Å². The first kappa shape index (κ1) is 14.9. The fourth-order valence-electron chi connectivity index (χ4n) is 1.82. The molecule has 19 heavy (non-hydrogen) atoms. The molecule has 2 aromatic rings. The summed E-state index contributed by atoms with van der Waals surface area (Å²) in [7, 11) is -1.02. The van der Waals surface area contributed by atoms with Crippen LogP contribution >= 0.6 is 22.6 Å². The number of rotatable bonds is 5. The molecule has 6 heteroatoms. The van der Waals surface area contributed by atoms with Gasteiger partial charge in [-0.2, -0.15) is 5.10 Å². The first-order valence-electron chi connectivity index (χ1n) is 6.44. The summed E-state index contributed by atoms with van der Waals surface area (Å²) < 4.78 is 8.60. The standard InChI is InChI=1S/C13H20IN3OSi/c1-10-5-6-15-13-11(10)12(14)16-17(13)9-18-7-8-19(2,3)4/h5-6H,7-9H2,1-4H3. The number of ether oxygens (including phenoxy) is 1. The molecule has 2 heterocycles. The summed E-state index contributed by atoms with van der Waals surface area (Å²) in [5.74, 6) is 0. The molecule has 0 saturated heterocycles. The molecule has 0 amide bonds. The number of fused-ring (bicyclic) bond motifs is 1. The van der Waals surface area contributed by atoms with Crippen molar-refractivity contribution in [3.05, 3.63) is 21.5 Å². The molecule has 0 atom stereocenters. The van der Waals surface area contributed by atoms with E-state index in [1.54, 1.807) is 0 Å². The monoisotopic (exact) mass is 389 g/mol. The molecule has 0 aliphatic heterocycles. The van der Waals surface area contributed by atoms with E-state index in [0.717, 1.165) is 21.3 Å². The summed E-state index contributed by atoms with van der Waals surface area (Å²) >= 11 is 2.26. The van der Waals surface area contributed by atoms with Gasteiger partial charge in [0, 0.05) is 20.9 Å². The largest absolute Gasteiger partial charge is 0.359 e. The van der Waals surface area contributed by atoms with Crippen LogP contribution in [0.3, 0.4) is 0 Å². The second-order valence-corrected chi connectivity index (χ2v) is 12.6. The van der Waals surface area contributed by atoms with E-state index in [1.165, 1.54) is 11.6 Å². The van der Waals surface area contributed by atoms with Crippen LogP contribution in [-0.4, -0.2) is 29.4 Å². The fourth-order valence-corrected chi connectivity index (χ4v) is 3.50. The highest BCUT2D eigenvalue weighted by Gasteiger charge is 2.14. The van der Waals surface area contributed by atoms with Crippen molar-refractivity contribution in [3.63, 3.8) is 0 Å². The maximum absolute atomic E-state index is 5.75. The van der Waals surface area contributed by atoms with E-state index >= 15 is 0 Å². The molecular weight excluding hydrogens is 369 g/mol. The summed E-state index contributed by atoms with van der Waals surface area (Å²) in [6.07, 6.45) is 1.83. The van der Waals surface area contributed by atoms with Gasteiger partial charge in [-0.1, -0.05) is 19.6 Å². The maximum Gasteiger partial charge on any atom is 0.161 e. The zero-order valence-electron chi connectivity index (χ0n) is 11.9. The molecule has 0 saturated carbocycles. The second-order valence-electron chi connectivity index (χ2n) is 5.96. The minimum Gasteiger partial charge on any atom is -0.359 e. The third-order valence-corrected chi connectivity index (χ3v) is 5.47. The average Bonchev–Trinajstić information content (AvgIpc) is 2.62. The van der Waals surface area contributed by atoms with Crippen LogP contribution in [0.15, 0.2) is 12.3 Å². The Morgan fingerprint density at radius 1 is 1.37 bits per heavy atom. The Morgan fingerprint density at radius 2 is 2.11 bits per heavy atom. The van der Waals surface area contributed by atoms with Gasteiger partial charge in [0.2, 0.25) is 0 Å². The van der Waals surface area contributed by atoms with E-state index in [0.29, 0.717) is 6.73 Å². The van der Waals surface area contributed by atoms with Crippen LogP contribution in [0.25, 0.3) is 11.0 Å². The lowest BCUT2D eigenvalue weighted by Gasteiger charge is -2.15. The smallest absolute Gasteiger partial charge is 0.161 e. The Labute approximate surface area is 128 Å². The van der Waals surface area contributed by atoms with Crippen LogP contribution in [0.4, 0.5) is 0 Å². The molecule has 0 radical (unpaired) electrons. The Hall–Kier alpha value is -0.473. The first-order chi connectivity index (χ1) is 8.88. The van der Waals surface area contributed by atoms with Crippen molar-refractivity contribution < 1.29 is 4.74 Å². The normalized spacial score (nSPS) is 12.3. The number of pyridine rings is 1. The van der Waals surface area contributed by atoms with Gasteiger partial charge < -0.3 is 4.74 Å². The predicted octanol–water partition coefficient (Wildman–Crippen LogP) is 3.66. The van der Waals surface area contributed by atoms with Crippen molar-refractivity contribution in [2.24, 2.45) is 0 Å². The molecule has 0 aliphatic carbocycles. The highest BCUT2D eigenvalue weighted by atomic mass is 127. The van der Waals surface area contributed by atoms with Crippen molar-refractivity contribution in [3.8, 4) is 0 Å². The summed E-state index contributed by atoms with van der Waals surface area (Å²) in [6, 6.07) is 3.19. The Morgan fingerprint density at radius 3 is 2.79 bits per heavy atom. The van der Waals surface area contributed by atoms with E-state index in [9.17, 15) is 0 Å². The quantitative estimate of drug-likeness (QED) is 0.445. The lowest BCUT2D eigenvalue weighted by molar-refractivity contribution is 0.0810. The van der Waals surface area contributed by atoms with Crippen LogP contribution in [0.5, 0.6) is 0 Å². The SMILES string of the molecule is Cc1ccnc2c1c(I)nn2COCC[Si](C)(C)C. The summed E-state index contributed by atoms with van der Waals surface area (Å²) in [5.41, 5.74) is 2.13. The molecule has 0 aromatic carbocycles. The molecule has 0 aliphatic rings. The topological polar surface area (TPSA) is 39.9 Å². The van der Waals surface area contributed by atoms with Crippen molar-refractivity contribution in [1.82, 2.24) is 14.8 Å². The van der Waals surface area contributed by atoms with Crippen LogP contribution in [-0.2, 0) is 11.5 Å². The van der Waals surface area contributed by atoms with E-state index in [2.05, 4.69) is 59.2 Å². The van der Waals surface area contributed by atoms with E-state index < -0.39 is 8.07 Å². The second kappa shape index (κ2) is 5.88. The van der Waals surface area contributed by atoms with Gasteiger partial charge in [-0.3, -0.25) is 0 Å². The van der Waals surface area contributed by atoms with Crippen molar-refractivity contribution in [2.75, 3.05) is 6.61 Å². The van der Waals surface area contributed by atoms with Gasteiger partial charge in [0.1, 0.15) is 10.4 Å². The van der Waals surface area contributed by atoms with Gasteiger partial charge in [-0.25, -0.2) is 9.67 Å². The zero-order valence-corrected chi connectivity index (χ0v) is 15.1. The minimum absolute atomic E-state index is 0.487. The fraction of sp³-hybridized carbons (Fsp3) is 0.538. The Bertz CT molecular complexity index is 577. The molecule has 0 spiro atoms. The summed E-state index contributed by atoms with van der Waals surface area (Å²) in [5, 5.41) is 5.65. The number of halogens is 1. The van der Waals surface area contributed by atoms with Crippen LogP contribution in [0.1, 0.15) is 5.56 Å². The number of hydrogen-bond acceptors (Lipinski definition) is 3. The summed E-state index contributed by atoms with van der Waals surface area (Å²) in [4.78, 5) is 4.41. The van der Waals surface area contributed by atoms with Crippen LogP contribution < -0.4 is 0 Å². The van der Waals surface area contributed by atoms with E-state index in [-0.39, 0.29) is 0 Å². The molecular formula is C13H20IN3OSi. The summed E-state index contributed by atoms with van der Waals surface area (Å²) in [6.45, 7) is 10.4. The van der Waals surface area contributed by atoms with Crippen LogP contribution in [0, 0.1) is 10.6 Å². The highest BCUT2D eigenvalue weighted by Crippen LogP contribution is 2.21. The van der Waals surface area contributed by atoms with Gasteiger partial charge in [-0.15, -0.1) is 0 Å². The average molecular weight is 389 g/mol. The third kappa shape index (κ3) is 3.76. The van der Waals surface area contributed by atoms with Gasteiger partial charge >= 0.3 is 0 Å². The van der Waals surface area contributed by atoms with Gasteiger partial charge in [0.15, 0.2) is 5.65 Å². The number of aromatic nitrogens is 3. The van der Waals surface area contributed by atoms with Crippen LogP contribution in [0.2, 0.25) is 25.7 Å². The Kier molecular flexibility index (Phi) is 4.62. The molecule has 0 N–H and O–H groups in total. The molecule has 4 nitrogen and oxygen atoms in total. The van der Waals surface area contributed by atoms with Gasteiger partial charge in [-0.05, 0) is 47.2 Å².